The number of hydrogen-bond acceptors (Lipinski definition) is 5. The van der Waals surface area contributed by atoms with Crippen LogP contribution < -0.4 is 10.2 Å². The number of aromatic hydroxyl groups is 2. The molecule has 3 aromatic carbocycles. The molecule has 3 aromatic rings. The molecule has 0 bridgehead atoms. The number of carbonyl (C=O) groups is 1. The molecule has 0 aliphatic carbocycles. The molecular weight excluding hydrogens is 344 g/mol. The molecule has 0 aliphatic heterocycles. The summed E-state index contributed by atoms with van der Waals surface area (Å²) >= 11 is 0. The highest BCUT2D eigenvalue weighted by molar-refractivity contribution is 5.95. The lowest BCUT2D eigenvalue weighted by atomic mass is 10.2. The van der Waals surface area contributed by atoms with Crippen molar-refractivity contribution in [1.29, 1.82) is 0 Å². The first kappa shape index (κ1) is 18.0. The molecule has 27 heavy (non-hydrogen) atoms. The molecule has 0 fully saturated rings. The smallest absolute Gasteiger partial charge is 0.271 e. The van der Waals surface area contributed by atoms with Gasteiger partial charge in [-0.15, -0.1) is 0 Å². The molecule has 0 spiro atoms. The first-order chi connectivity index (χ1) is 13.1. The standard InChI is InChI=1S/C21H18N2O4/c24-18-9-6-17(20(25)12-18)13-22-23-21(26)16-7-10-19(11-8-16)27-14-15-4-2-1-3-5-15/h1-13,24-25H,14H2,(H,23,26). The molecule has 0 aromatic heterocycles. The third-order valence-corrected chi connectivity index (χ3v) is 3.75. The van der Waals surface area contributed by atoms with Gasteiger partial charge >= 0.3 is 0 Å². The van der Waals surface area contributed by atoms with Crippen LogP contribution in [-0.2, 0) is 6.61 Å². The van der Waals surface area contributed by atoms with Gasteiger partial charge in [0.25, 0.3) is 5.91 Å². The number of carbonyl (C=O) groups excluding carboxylic acids is 1. The Morgan fingerprint density at radius 3 is 2.44 bits per heavy atom. The maximum atomic E-state index is 12.1. The highest BCUT2D eigenvalue weighted by Gasteiger charge is 2.05. The van der Waals surface area contributed by atoms with Crippen molar-refractivity contribution in [2.45, 2.75) is 6.61 Å². The van der Waals surface area contributed by atoms with Crippen molar-refractivity contribution in [3.63, 3.8) is 0 Å². The van der Waals surface area contributed by atoms with Gasteiger partial charge in [0.1, 0.15) is 23.9 Å². The van der Waals surface area contributed by atoms with Crippen molar-refractivity contribution in [3.8, 4) is 17.2 Å². The summed E-state index contributed by atoms with van der Waals surface area (Å²) < 4.78 is 5.68. The number of rotatable bonds is 6. The van der Waals surface area contributed by atoms with Crippen LogP contribution >= 0.6 is 0 Å². The molecule has 0 radical (unpaired) electrons. The van der Waals surface area contributed by atoms with E-state index in [1.165, 1.54) is 24.4 Å². The Morgan fingerprint density at radius 1 is 1.00 bits per heavy atom. The molecule has 6 heteroatoms. The summed E-state index contributed by atoms with van der Waals surface area (Å²) in [5.74, 6) is 0.0863. The van der Waals surface area contributed by atoms with Gasteiger partial charge in [-0.3, -0.25) is 4.79 Å². The average Bonchev–Trinajstić information content (AvgIpc) is 2.69. The van der Waals surface area contributed by atoms with Gasteiger partial charge in [0, 0.05) is 17.2 Å². The molecule has 0 unspecified atom stereocenters. The van der Waals surface area contributed by atoms with Crippen LogP contribution in [0, 0.1) is 0 Å². The van der Waals surface area contributed by atoms with E-state index in [0.717, 1.165) is 5.56 Å². The van der Waals surface area contributed by atoms with E-state index in [9.17, 15) is 15.0 Å². The second-order valence-electron chi connectivity index (χ2n) is 5.74. The fourth-order valence-electron chi connectivity index (χ4n) is 2.31. The monoisotopic (exact) mass is 362 g/mol. The highest BCUT2D eigenvalue weighted by atomic mass is 16.5. The summed E-state index contributed by atoms with van der Waals surface area (Å²) in [6, 6.07) is 20.6. The van der Waals surface area contributed by atoms with Crippen LogP contribution in [-0.4, -0.2) is 22.3 Å². The molecule has 6 nitrogen and oxygen atoms in total. The van der Waals surface area contributed by atoms with Crippen LogP contribution in [0.2, 0.25) is 0 Å². The summed E-state index contributed by atoms with van der Waals surface area (Å²) in [6.07, 6.45) is 1.30. The third-order valence-electron chi connectivity index (χ3n) is 3.75. The van der Waals surface area contributed by atoms with Crippen LogP contribution in [0.25, 0.3) is 0 Å². The number of nitrogens with one attached hydrogen (secondary N) is 1. The SMILES string of the molecule is O=C(NN=Cc1ccc(O)cc1O)c1ccc(OCc2ccccc2)cc1. The van der Waals surface area contributed by atoms with Crippen molar-refractivity contribution >= 4 is 12.1 Å². The van der Waals surface area contributed by atoms with E-state index in [2.05, 4.69) is 10.5 Å². The number of hydrogen-bond donors (Lipinski definition) is 3. The zero-order valence-corrected chi connectivity index (χ0v) is 14.4. The maximum absolute atomic E-state index is 12.1. The lowest BCUT2D eigenvalue weighted by Crippen LogP contribution is -2.17. The van der Waals surface area contributed by atoms with Gasteiger partial charge in [0.05, 0.1) is 6.21 Å². The molecule has 1 amide bonds. The number of ether oxygens (including phenoxy) is 1. The minimum absolute atomic E-state index is 0.0525. The van der Waals surface area contributed by atoms with Crippen molar-refractivity contribution in [1.82, 2.24) is 5.43 Å². The largest absolute Gasteiger partial charge is 0.508 e. The van der Waals surface area contributed by atoms with Gasteiger partial charge in [-0.1, -0.05) is 30.3 Å². The Kier molecular flexibility index (Phi) is 5.69. The van der Waals surface area contributed by atoms with Crippen LogP contribution in [0.1, 0.15) is 21.5 Å². The Bertz CT molecular complexity index is 938. The van der Waals surface area contributed by atoms with E-state index < -0.39 is 0 Å². The van der Waals surface area contributed by atoms with Gasteiger partial charge in [0.2, 0.25) is 0 Å². The summed E-state index contributed by atoms with van der Waals surface area (Å²) in [5, 5.41) is 22.7. The van der Waals surface area contributed by atoms with Crippen molar-refractivity contribution in [2.24, 2.45) is 5.10 Å². The quantitative estimate of drug-likeness (QED) is 0.463. The lowest BCUT2D eigenvalue weighted by molar-refractivity contribution is 0.0955. The van der Waals surface area contributed by atoms with Crippen molar-refractivity contribution in [2.75, 3.05) is 0 Å². The van der Waals surface area contributed by atoms with Crippen LogP contribution in [0.15, 0.2) is 77.9 Å². The summed E-state index contributed by atoms with van der Waals surface area (Å²) in [6.45, 7) is 0.451. The van der Waals surface area contributed by atoms with E-state index in [1.54, 1.807) is 24.3 Å². The van der Waals surface area contributed by atoms with Crippen molar-refractivity contribution < 1.29 is 19.7 Å². The molecule has 0 heterocycles. The number of phenols is 2. The highest BCUT2D eigenvalue weighted by Crippen LogP contribution is 2.20. The Balaban J connectivity index is 1.54. The number of benzene rings is 3. The summed E-state index contributed by atoms with van der Waals surface area (Å²) in [4.78, 5) is 12.1. The van der Waals surface area contributed by atoms with E-state index >= 15 is 0 Å². The zero-order valence-electron chi connectivity index (χ0n) is 14.4. The van der Waals surface area contributed by atoms with E-state index in [-0.39, 0.29) is 17.4 Å². The Hall–Kier alpha value is -3.80. The molecule has 0 atom stereocenters. The van der Waals surface area contributed by atoms with Gasteiger partial charge in [-0.2, -0.15) is 5.10 Å². The Labute approximate surface area is 156 Å². The normalized spacial score (nSPS) is 10.7. The Morgan fingerprint density at radius 2 is 1.74 bits per heavy atom. The molecule has 0 saturated carbocycles. The first-order valence-corrected chi connectivity index (χ1v) is 8.24. The predicted molar refractivity (Wildman–Crippen MR) is 102 cm³/mol. The average molecular weight is 362 g/mol. The fraction of sp³-hybridized carbons (Fsp3) is 0.0476. The maximum Gasteiger partial charge on any atom is 0.271 e. The molecule has 3 N–H and O–H groups in total. The number of phenolic OH excluding ortho intramolecular Hbond substituents is 2. The minimum atomic E-state index is -0.390. The molecule has 0 saturated heterocycles. The summed E-state index contributed by atoms with van der Waals surface area (Å²) in [5.41, 5.74) is 4.24. The van der Waals surface area contributed by atoms with Crippen LogP contribution in [0.3, 0.4) is 0 Å². The predicted octanol–water partition coefficient (Wildman–Crippen LogP) is 3.44. The second-order valence-corrected chi connectivity index (χ2v) is 5.74. The van der Waals surface area contributed by atoms with Crippen molar-refractivity contribution in [3.05, 3.63) is 89.5 Å². The molecule has 3 rings (SSSR count). The number of hydrazone groups is 1. The zero-order chi connectivity index (χ0) is 19.1. The van der Waals surface area contributed by atoms with Gasteiger partial charge in [0.15, 0.2) is 0 Å². The third kappa shape index (κ3) is 5.09. The summed E-state index contributed by atoms with van der Waals surface area (Å²) in [7, 11) is 0. The van der Waals surface area contributed by atoms with Crippen LogP contribution in [0.5, 0.6) is 17.2 Å². The topological polar surface area (TPSA) is 91.2 Å². The van der Waals surface area contributed by atoms with Crippen LogP contribution in [0.4, 0.5) is 0 Å². The second kappa shape index (κ2) is 8.53. The van der Waals surface area contributed by atoms with E-state index in [1.807, 2.05) is 30.3 Å². The van der Waals surface area contributed by atoms with Gasteiger partial charge < -0.3 is 14.9 Å². The number of amides is 1. The fourth-order valence-corrected chi connectivity index (χ4v) is 2.31. The first-order valence-electron chi connectivity index (χ1n) is 8.24. The molecule has 0 aliphatic rings. The molecular formula is C21H18N2O4. The number of nitrogens with zero attached hydrogens (tertiary/aromatic N) is 1. The van der Waals surface area contributed by atoms with Gasteiger partial charge in [-0.05, 0) is 42.0 Å². The van der Waals surface area contributed by atoms with E-state index in [4.69, 9.17) is 4.74 Å². The lowest BCUT2D eigenvalue weighted by Gasteiger charge is -2.07. The molecule has 136 valence electrons. The van der Waals surface area contributed by atoms with Gasteiger partial charge in [-0.25, -0.2) is 5.43 Å². The minimum Gasteiger partial charge on any atom is -0.508 e. The van der Waals surface area contributed by atoms with E-state index in [0.29, 0.717) is 23.5 Å².